The summed E-state index contributed by atoms with van der Waals surface area (Å²) in [5.41, 5.74) is 0.849. The Morgan fingerprint density at radius 3 is 2.59 bits per heavy atom. The van der Waals surface area contributed by atoms with Crippen molar-refractivity contribution in [3.63, 3.8) is 0 Å². The number of carbonyl (C=O) groups is 1. The fraction of sp³-hybridized carbons (Fsp3) is 0.211. The van der Waals surface area contributed by atoms with Crippen molar-refractivity contribution in [2.75, 3.05) is 11.3 Å². The van der Waals surface area contributed by atoms with Crippen LogP contribution in [0.4, 0.5) is 11.4 Å². The summed E-state index contributed by atoms with van der Waals surface area (Å²) in [6, 6.07) is 8.12. The summed E-state index contributed by atoms with van der Waals surface area (Å²) >= 11 is 0. The average Bonchev–Trinajstić information content (AvgIpc) is 2.96. The first kappa shape index (κ1) is 20.3. The minimum Gasteiger partial charge on any atom is -0.462 e. The van der Waals surface area contributed by atoms with Crippen LogP contribution in [0.1, 0.15) is 28.6 Å². The number of carbonyl (C=O) groups excluding carboxylic acids is 1. The molecule has 2 aromatic carbocycles. The number of nitrogens with one attached hydrogen (secondary N) is 1. The smallest absolute Gasteiger partial charge is 0.342 e. The maximum absolute atomic E-state index is 12.7. The van der Waals surface area contributed by atoms with Gasteiger partial charge in [-0.25, -0.2) is 13.2 Å². The number of hydrogen-bond donors (Lipinski definition) is 1. The molecule has 29 heavy (non-hydrogen) atoms. The molecule has 10 heteroatoms. The van der Waals surface area contributed by atoms with Gasteiger partial charge in [0.05, 0.1) is 16.4 Å². The van der Waals surface area contributed by atoms with Crippen molar-refractivity contribution in [3.05, 3.63) is 63.4 Å². The monoisotopic (exact) mass is 418 g/mol. The van der Waals surface area contributed by atoms with Crippen LogP contribution in [0, 0.1) is 24.0 Å². The van der Waals surface area contributed by atoms with Gasteiger partial charge >= 0.3 is 5.97 Å². The first-order valence-corrected chi connectivity index (χ1v) is 10.1. The number of nitrogens with zero attached hydrogens (tertiary/aromatic N) is 1. The normalized spacial score (nSPS) is 11.4. The van der Waals surface area contributed by atoms with Crippen LogP contribution in [0.2, 0.25) is 0 Å². The Hall–Kier alpha value is -3.40. The molecule has 0 aliphatic carbocycles. The predicted molar refractivity (Wildman–Crippen MR) is 106 cm³/mol. The van der Waals surface area contributed by atoms with E-state index in [1.165, 1.54) is 37.3 Å². The first-order valence-electron chi connectivity index (χ1n) is 8.62. The van der Waals surface area contributed by atoms with Gasteiger partial charge in [-0.1, -0.05) is 6.07 Å². The van der Waals surface area contributed by atoms with E-state index in [1.807, 2.05) is 0 Å². The van der Waals surface area contributed by atoms with Crippen LogP contribution in [-0.2, 0) is 14.8 Å². The molecule has 152 valence electrons. The molecule has 0 bridgehead atoms. The number of hydrogen-bond acceptors (Lipinski definition) is 7. The molecule has 0 unspecified atom stereocenters. The van der Waals surface area contributed by atoms with Crippen molar-refractivity contribution in [3.8, 4) is 0 Å². The summed E-state index contributed by atoms with van der Waals surface area (Å²) in [6.45, 7) is 4.99. The predicted octanol–water partition coefficient (Wildman–Crippen LogP) is 3.94. The third-order valence-corrected chi connectivity index (χ3v) is 5.66. The molecule has 1 heterocycles. The van der Waals surface area contributed by atoms with E-state index in [-0.39, 0.29) is 28.4 Å². The van der Waals surface area contributed by atoms with E-state index >= 15 is 0 Å². The van der Waals surface area contributed by atoms with Gasteiger partial charge in [0, 0.05) is 22.7 Å². The highest BCUT2D eigenvalue weighted by molar-refractivity contribution is 7.92. The molecular weight excluding hydrogens is 400 g/mol. The molecule has 0 atom stereocenters. The molecule has 3 rings (SSSR count). The lowest BCUT2D eigenvalue weighted by Crippen LogP contribution is -2.13. The summed E-state index contributed by atoms with van der Waals surface area (Å²) in [4.78, 5) is 22.4. The Labute approximate surface area is 166 Å². The molecule has 0 fully saturated rings. The molecule has 1 N–H and O–H groups in total. The molecular formula is C19H18N2O7S. The third-order valence-electron chi connectivity index (χ3n) is 4.28. The second-order valence-electron chi connectivity index (χ2n) is 6.28. The standard InChI is InChI=1S/C19H18N2O7S/c1-4-27-19(22)18-12(3)28-17-8-6-13(9-15(17)18)20-29(25,26)14-7-5-11(2)16(10-14)21(23)24/h5-10,20H,4H2,1-3H3. The maximum Gasteiger partial charge on any atom is 0.342 e. The number of anilines is 1. The van der Waals surface area contributed by atoms with Gasteiger partial charge in [0.2, 0.25) is 0 Å². The minimum atomic E-state index is -4.09. The van der Waals surface area contributed by atoms with Gasteiger partial charge in [-0.3, -0.25) is 14.8 Å². The van der Waals surface area contributed by atoms with Gasteiger partial charge < -0.3 is 9.15 Å². The van der Waals surface area contributed by atoms with Gasteiger partial charge in [0.15, 0.2) is 0 Å². The number of esters is 1. The summed E-state index contributed by atoms with van der Waals surface area (Å²) < 4.78 is 38.3. The van der Waals surface area contributed by atoms with Crippen molar-refractivity contribution >= 4 is 38.3 Å². The number of rotatable bonds is 6. The van der Waals surface area contributed by atoms with Crippen LogP contribution in [0.5, 0.6) is 0 Å². The largest absolute Gasteiger partial charge is 0.462 e. The van der Waals surface area contributed by atoms with Crippen molar-refractivity contribution in [2.24, 2.45) is 0 Å². The third kappa shape index (κ3) is 3.92. The maximum atomic E-state index is 12.7. The highest BCUT2D eigenvalue weighted by atomic mass is 32.2. The van der Waals surface area contributed by atoms with Gasteiger partial charge in [0.25, 0.3) is 15.7 Å². The molecule has 0 aliphatic heterocycles. The number of aryl methyl sites for hydroxylation is 2. The number of nitro benzene ring substituents is 1. The molecule has 1 aromatic heterocycles. The Kier molecular flexibility index (Phi) is 5.29. The zero-order chi connectivity index (χ0) is 21.3. The van der Waals surface area contributed by atoms with E-state index in [9.17, 15) is 23.3 Å². The molecule has 0 radical (unpaired) electrons. The van der Waals surface area contributed by atoms with Crippen LogP contribution in [0.25, 0.3) is 11.0 Å². The lowest BCUT2D eigenvalue weighted by Gasteiger charge is -2.09. The van der Waals surface area contributed by atoms with Crippen LogP contribution >= 0.6 is 0 Å². The van der Waals surface area contributed by atoms with Gasteiger partial charge in [-0.05, 0) is 45.0 Å². The molecule has 0 aliphatic rings. The summed E-state index contributed by atoms with van der Waals surface area (Å²) in [5, 5.41) is 11.5. The summed E-state index contributed by atoms with van der Waals surface area (Å²) in [7, 11) is -4.09. The molecule has 0 saturated carbocycles. The second kappa shape index (κ2) is 7.55. The van der Waals surface area contributed by atoms with E-state index in [0.29, 0.717) is 22.3 Å². The number of nitro groups is 1. The quantitative estimate of drug-likeness (QED) is 0.365. The summed E-state index contributed by atoms with van der Waals surface area (Å²) in [6.07, 6.45) is 0. The molecule has 3 aromatic rings. The van der Waals surface area contributed by atoms with Crippen molar-refractivity contribution in [2.45, 2.75) is 25.7 Å². The topological polar surface area (TPSA) is 129 Å². The zero-order valence-corrected chi connectivity index (χ0v) is 16.7. The van der Waals surface area contributed by atoms with Gasteiger partial charge in [-0.15, -0.1) is 0 Å². The first-order chi connectivity index (χ1) is 13.6. The van der Waals surface area contributed by atoms with Gasteiger partial charge in [0.1, 0.15) is 16.9 Å². The van der Waals surface area contributed by atoms with Crippen molar-refractivity contribution in [1.82, 2.24) is 0 Å². The highest BCUT2D eigenvalue weighted by Crippen LogP contribution is 2.30. The Morgan fingerprint density at radius 1 is 1.21 bits per heavy atom. The fourth-order valence-corrected chi connectivity index (χ4v) is 3.98. The Morgan fingerprint density at radius 2 is 1.93 bits per heavy atom. The number of ether oxygens (including phenoxy) is 1. The van der Waals surface area contributed by atoms with Crippen LogP contribution < -0.4 is 4.72 Å². The molecule has 0 spiro atoms. The zero-order valence-electron chi connectivity index (χ0n) is 15.9. The number of furan rings is 1. The van der Waals surface area contributed by atoms with Crippen molar-refractivity contribution < 1.29 is 27.3 Å². The van der Waals surface area contributed by atoms with E-state index in [1.54, 1.807) is 13.8 Å². The lowest BCUT2D eigenvalue weighted by atomic mass is 10.1. The van der Waals surface area contributed by atoms with Gasteiger partial charge in [-0.2, -0.15) is 0 Å². The number of benzene rings is 2. The number of fused-ring (bicyclic) bond motifs is 1. The highest BCUT2D eigenvalue weighted by Gasteiger charge is 2.22. The molecule has 0 amide bonds. The number of sulfonamides is 1. The second-order valence-corrected chi connectivity index (χ2v) is 7.96. The lowest BCUT2D eigenvalue weighted by molar-refractivity contribution is -0.385. The van der Waals surface area contributed by atoms with Crippen molar-refractivity contribution in [1.29, 1.82) is 0 Å². The fourth-order valence-electron chi connectivity index (χ4n) is 2.91. The molecule has 0 saturated heterocycles. The minimum absolute atomic E-state index is 0.173. The SMILES string of the molecule is CCOC(=O)c1c(C)oc2ccc(NS(=O)(=O)c3ccc(C)c([N+](=O)[O-])c3)cc12. The van der Waals surface area contributed by atoms with Crippen LogP contribution in [0.3, 0.4) is 0 Å². The van der Waals surface area contributed by atoms with E-state index < -0.39 is 20.9 Å². The Balaban J connectivity index is 2.01. The van der Waals surface area contributed by atoms with E-state index in [2.05, 4.69) is 4.72 Å². The molecule has 9 nitrogen and oxygen atoms in total. The van der Waals surface area contributed by atoms with E-state index in [4.69, 9.17) is 9.15 Å². The van der Waals surface area contributed by atoms with Crippen LogP contribution in [0.15, 0.2) is 45.7 Å². The average molecular weight is 418 g/mol. The van der Waals surface area contributed by atoms with Crippen LogP contribution in [-0.4, -0.2) is 25.9 Å². The summed E-state index contributed by atoms with van der Waals surface area (Å²) in [5.74, 6) is -0.217. The Bertz CT molecular complexity index is 1230. The van der Waals surface area contributed by atoms with E-state index in [0.717, 1.165) is 6.07 Å².